The smallest absolute Gasteiger partial charge is 0.282 e. The van der Waals surface area contributed by atoms with Gasteiger partial charge in [0.15, 0.2) is 0 Å². The Morgan fingerprint density at radius 1 is 1.12 bits per heavy atom. The lowest BCUT2D eigenvalue weighted by Gasteiger charge is -2.12. The van der Waals surface area contributed by atoms with Crippen molar-refractivity contribution in [2.45, 2.75) is 40.0 Å². The summed E-state index contributed by atoms with van der Waals surface area (Å²) >= 11 is 16.0. The molecule has 0 bridgehead atoms. The third-order valence-electron chi connectivity index (χ3n) is 5.56. The summed E-state index contributed by atoms with van der Waals surface area (Å²) in [4.78, 5) is 18.0. The van der Waals surface area contributed by atoms with Crippen LogP contribution in [-0.4, -0.2) is 20.4 Å². The minimum atomic E-state index is -0.182. The van der Waals surface area contributed by atoms with Gasteiger partial charge >= 0.3 is 0 Å². The lowest BCUT2D eigenvalue weighted by Crippen LogP contribution is -2.22. The van der Waals surface area contributed by atoms with E-state index in [0.717, 1.165) is 40.0 Å². The predicted octanol–water partition coefficient (Wildman–Crippen LogP) is 7.10. The van der Waals surface area contributed by atoms with Gasteiger partial charge in [0.05, 0.1) is 27.8 Å². The first-order valence-electron chi connectivity index (χ1n) is 10.7. The summed E-state index contributed by atoms with van der Waals surface area (Å²) in [5.41, 5.74) is 4.18. The fourth-order valence-electron chi connectivity index (χ4n) is 3.88. The van der Waals surface area contributed by atoms with Crippen LogP contribution in [0.5, 0.6) is 0 Å². The van der Waals surface area contributed by atoms with Gasteiger partial charge in [-0.15, -0.1) is 0 Å². The third-order valence-corrected chi connectivity index (χ3v) is 6.59. The summed E-state index contributed by atoms with van der Waals surface area (Å²) in [5, 5.41) is 6.27. The van der Waals surface area contributed by atoms with Crippen LogP contribution in [0.15, 0.2) is 56.8 Å². The Kier molecular flexibility index (Phi) is 7.07. The Morgan fingerprint density at radius 3 is 2.64 bits per heavy atom. The molecule has 33 heavy (non-hydrogen) atoms. The highest BCUT2D eigenvalue weighted by Gasteiger charge is 2.14. The molecule has 0 spiro atoms. The van der Waals surface area contributed by atoms with E-state index in [0.29, 0.717) is 33.2 Å². The van der Waals surface area contributed by atoms with Crippen LogP contribution in [0.1, 0.15) is 42.5 Å². The number of benzene rings is 2. The molecule has 0 saturated heterocycles. The van der Waals surface area contributed by atoms with Crippen LogP contribution in [-0.2, 0) is 6.42 Å². The lowest BCUT2D eigenvalue weighted by atomic mass is 10.2. The van der Waals surface area contributed by atoms with Crippen molar-refractivity contribution in [1.29, 1.82) is 0 Å². The highest BCUT2D eigenvalue weighted by atomic mass is 79.9. The van der Waals surface area contributed by atoms with Crippen LogP contribution in [0, 0.1) is 13.8 Å². The molecule has 170 valence electrons. The normalized spacial score (nSPS) is 11.7. The van der Waals surface area contributed by atoms with Gasteiger partial charge in [-0.25, -0.2) is 4.98 Å². The van der Waals surface area contributed by atoms with E-state index in [2.05, 4.69) is 32.5 Å². The van der Waals surface area contributed by atoms with Gasteiger partial charge in [-0.05, 0) is 62.7 Å². The molecule has 0 saturated carbocycles. The molecule has 0 unspecified atom stereocenters. The third kappa shape index (κ3) is 4.79. The number of halogens is 3. The first kappa shape index (κ1) is 23.7. The van der Waals surface area contributed by atoms with Crippen LogP contribution in [0.25, 0.3) is 16.6 Å². The van der Waals surface area contributed by atoms with Crippen LogP contribution < -0.4 is 5.56 Å². The molecule has 2 heterocycles. The Morgan fingerprint density at radius 2 is 1.91 bits per heavy atom. The summed E-state index contributed by atoms with van der Waals surface area (Å²) in [6.45, 7) is 6.11. The summed E-state index contributed by atoms with van der Waals surface area (Å²) in [6.07, 6.45) is 4.31. The van der Waals surface area contributed by atoms with E-state index < -0.39 is 0 Å². The monoisotopic (exact) mass is 544 g/mol. The molecule has 0 radical (unpaired) electrons. The Balaban J connectivity index is 1.81. The zero-order valence-electron chi connectivity index (χ0n) is 18.6. The van der Waals surface area contributed by atoms with Crippen molar-refractivity contribution >= 4 is 56.2 Å². The second kappa shape index (κ2) is 9.84. The topological polar surface area (TPSA) is 52.2 Å². The number of rotatable bonds is 6. The van der Waals surface area contributed by atoms with E-state index >= 15 is 0 Å². The molecular formula is C25H23BrCl2N4O. The molecule has 4 rings (SSSR count). The number of aryl methyl sites for hydroxylation is 2. The molecule has 2 aromatic carbocycles. The van der Waals surface area contributed by atoms with Crippen LogP contribution in [0.2, 0.25) is 10.0 Å². The SMILES string of the molecule is CCCCc1nc2ccc(Br)cc2c(=O)n1N=Cc1cc(C)n(-c2ccc(Cl)cc2Cl)c1C. The molecule has 0 amide bonds. The summed E-state index contributed by atoms with van der Waals surface area (Å²) < 4.78 is 4.30. The van der Waals surface area contributed by atoms with Crippen molar-refractivity contribution in [3.63, 3.8) is 0 Å². The van der Waals surface area contributed by atoms with Crippen molar-refractivity contribution in [3.05, 3.63) is 90.1 Å². The van der Waals surface area contributed by atoms with Crippen molar-refractivity contribution in [1.82, 2.24) is 14.2 Å². The standard InChI is InChI=1S/C25H23BrCl2N4O/c1-4-5-6-24-30-22-9-7-18(26)12-20(22)25(33)32(24)29-14-17-11-15(2)31(16(17)3)23-10-8-19(27)13-21(23)28/h7-14H,4-6H2,1-3H3. The fraction of sp³-hybridized carbons (Fsp3) is 0.240. The maximum Gasteiger partial charge on any atom is 0.282 e. The van der Waals surface area contributed by atoms with E-state index in [1.165, 1.54) is 4.68 Å². The van der Waals surface area contributed by atoms with Crippen molar-refractivity contribution < 1.29 is 0 Å². The number of fused-ring (bicyclic) bond motifs is 1. The highest BCUT2D eigenvalue weighted by Crippen LogP contribution is 2.28. The molecule has 4 aromatic rings. The fourth-order valence-corrected chi connectivity index (χ4v) is 4.74. The molecule has 0 aliphatic carbocycles. The van der Waals surface area contributed by atoms with Crippen LogP contribution in [0.4, 0.5) is 0 Å². The van der Waals surface area contributed by atoms with Gasteiger partial charge in [-0.3, -0.25) is 4.79 Å². The average molecular weight is 546 g/mol. The van der Waals surface area contributed by atoms with E-state index in [-0.39, 0.29) is 5.56 Å². The van der Waals surface area contributed by atoms with Crippen LogP contribution in [0.3, 0.4) is 0 Å². The molecular weight excluding hydrogens is 523 g/mol. The van der Waals surface area contributed by atoms with Crippen molar-refractivity contribution in [2.75, 3.05) is 0 Å². The first-order valence-corrected chi connectivity index (χ1v) is 12.2. The van der Waals surface area contributed by atoms with Crippen molar-refractivity contribution in [3.8, 4) is 5.69 Å². The maximum atomic E-state index is 13.3. The quantitative estimate of drug-likeness (QED) is 0.243. The van der Waals surface area contributed by atoms with Crippen LogP contribution >= 0.6 is 39.1 Å². The highest BCUT2D eigenvalue weighted by molar-refractivity contribution is 9.10. The second-order valence-corrected chi connectivity index (χ2v) is 9.67. The van der Waals surface area contributed by atoms with E-state index in [4.69, 9.17) is 28.2 Å². The molecule has 5 nitrogen and oxygen atoms in total. The van der Waals surface area contributed by atoms with E-state index in [1.54, 1.807) is 18.3 Å². The number of aromatic nitrogens is 3. The van der Waals surface area contributed by atoms with Crippen molar-refractivity contribution in [2.24, 2.45) is 5.10 Å². The summed E-state index contributed by atoms with van der Waals surface area (Å²) in [5.74, 6) is 0.655. The maximum absolute atomic E-state index is 13.3. The first-order chi connectivity index (χ1) is 15.8. The largest absolute Gasteiger partial charge is 0.316 e. The molecule has 0 N–H and O–H groups in total. The van der Waals surface area contributed by atoms with E-state index in [1.807, 2.05) is 44.2 Å². The van der Waals surface area contributed by atoms with Gasteiger partial charge in [-0.2, -0.15) is 9.78 Å². The minimum absolute atomic E-state index is 0.182. The van der Waals surface area contributed by atoms with Gasteiger partial charge in [0.1, 0.15) is 5.82 Å². The predicted molar refractivity (Wildman–Crippen MR) is 141 cm³/mol. The molecule has 8 heteroatoms. The Labute approximate surface area is 210 Å². The number of hydrogen-bond donors (Lipinski definition) is 0. The molecule has 0 atom stereocenters. The molecule has 2 aromatic heterocycles. The van der Waals surface area contributed by atoms with Gasteiger partial charge in [0.25, 0.3) is 5.56 Å². The zero-order chi connectivity index (χ0) is 23.7. The second-order valence-electron chi connectivity index (χ2n) is 7.91. The Hall–Kier alpha value is -2.41. The summed E-state index contributed by atoms with van der Waals surface area (Å²) in [7, 11) is 0. The van der Waals surface area contributed by atoms with E-state index in [9.17, 15) is 4.79 Å². The molecule has 0 aliphatic heterocycles. The van der Waals surface area contributed by atoms with Gasteiger partial charge in [-0.1, -0.05) is 52.5 Å². The van der Waals surface area contributed by atoms with Gasteiger partial charge < -0.3 is 4.57 Å². The van der Waals surface area contributed by atoms with Gasteiger partial charge in [0.2, 0.25) is 0 Å². The average Bonchev–Trinajstić information content (AvgIpc) is 3.05. The number of unbranched alkanes of at least 4 members (excludes halogenated alkanes) is 1. The number of hydrogen-bond acceptors (Lipinski definition) is 3. The van der Waals surface area contributed by atoms with Gasteiger partial charge in [0, 0.05) is 32.9 Å². The lowest BCUT2D eigenvalue weighted by molar-refractivity contribution is 0.675. The zero-order valence-corrected chi connectivity index (χ0v) is 21.7. The molecule has 0 fully saturated rings. The summed E-state index contributed by atoms with van der Waals surface area (Å²) in [6, 6.07) is 13.0. The number of nitrogens with zero attached hydrogens (tertiary/aromatic N) is 4. The minimum Gasteiger partial charge on any atom is -0.316 e. The molecule has 0 aliphatic rings. The Bertz CT molecular complexity index is 1440.